The Morgan fingerprint density at radius 2 is 1.81 bits per heavy atom. The molecule has 0 atom stereocenters. The third-order valence-corrected chi connectivity index (χ3v) is 6.33. The van der Waals surface area contributed by atoms with Crippen LogP contribution in [-0.2, 0) is 9.53 Å². The van der Waals surface area contributed by atoms with Crippen LogP contribution in [0.4, 0.5) is 5.69 Å². The fourth-order valence-corrected chi connectivity index (χ4v) is 4.32. The minimum Gasteiger partial charge on any atom is -0.495 e. The smallest absolute Gasteiger partial charge is 0.238 e. The lowest BCUT2D eigenvalue weighted by atomic mass is 10.0. The Kier molecular flexibility index (Phi) is 7.27. The molecular formula is C27H26ClN5O3. The topological polar surface area (TPSA) is 81.5 Å². The van der Waals surface area contributed by atoms with Crippen molar-refractivity contribution in [3.05, 3.63) is 78.2 Å². The van der Waals surface area contributed by atoms with Crippen molar-refractivity contribution in [3.8, 4) is 33.8 Å². The van der Waals surface area contributed by atoms with Crippen LogP contribution in [0.2, 0.25) is 5.02 Å². The minimum atomic E-state index is -0.0392. The molecule has 3 heterocycles. The number of amides is 1. The van der Waals surface area contributed by atoms with E-state index in [4.69, 9.17) is 26.2 Å². The van der Waals surface area contributed by atoms with E-state index in [9.17, 15) is 4.79 Å². The quantitative estimate of drug-likeness (QED) is 0.399. The molecular weight excluding hydrogens is 478 g/mol. The number of pyridine rings is 1. The highest BCUT2D eigenvalue weighted by Gasteiger charge is 2.17. The number of nitrogens with zero attached hydrogens (tertiary/aromatic N) is 4. The molecule has 5 rings (SSSR count). The van der Waals surface area contributed by atoms with Crippen molar-refractivity contribution in [3.63, 3.8) is 0 Å². The second-order valence-electron chi connectivity index (χ2n) is 8.40. The standard InChI is InChI=1S/C27H26ClN5O3/c1-35-25-16-20(2-7-24(25)28)27-23(19-8-10-29-11-9-19)17-33(31-27)22-5-3-21(4-6-22)30-26(34)18-32-12-14-36-15-13-32/h2-11,16-17H,12-15,18H2,1H3,(H,30,34). The van der Waals surface area contributed by atoms with Gasteiger partial charge < -0.3 is 14.8 Å². The summed E-state index contributed by atoms with van der Waals surface area (Å²) in [5, 5.41) is 8.40. The molecule has 9 heteroatoms. The zero-order valence-corrected chi connectivity index (χ0v) is 20.6. The first-order valence-corrected chi connectivity index (χ1v) is 12.0. The highest BCUT2D eigenvalue weighted by Crippen LogP contribution is 2.35. The van der Waals surface area contributed by atoms with E-state index in [1.165, 1.54) is 0 Å². The van der Waals surface area contributed by atoms with Crippen LogP contribution in [0.5, 0.6) is 5.75 Å². The molecule has 0 radical (unpaired) electrons. The molecule has 0 unspecified atom stereocenters. The summed E-state index contributed by atoms with van der Waals surface area (Å²) in [7, 11) is 1.59. The monoisotopic (exact) mass is 503 g/mol. The molecule has 4 aromatic rings. The molecule has 0 aliphatic carbocycles. The maximum atomic E-state index is 12.4. The van der Waals surface area contributed by atoms with Gasteiger partial charge in [-0.05, 0) is 54.1 Å². The van der Waals surface area contributed by atoms with E-state index in [0.29, 0.717) is 30.5 Å². The number of benzene rings is 2. The van der Waals surface area contributed by atoms with Crippen molar-refractivity contribution in [1.29, 1.82) is 0 Å². The van der Waals surface area contributed by atoms with Crippen molar-refractivity contribution < 1.29 is 14.3 Å². The number of carbonyl (C=O) groups is 1. The summed E-state index contributed by atoms with van der Waals surface area (Å²) >= 11 is 6.25. The van der Waals surface area contributed by atoms with Crippen LogP contribution in [0.15, 0.2) is 73.2 Å². The Labute approximate surface area is 214 Å². The molecule has 1 saturated heterocycles. The van der Waals surface area contributed by atoms with Gasteiger partial charge in [0.1, 0.15) is 11.4 Å². The van der Waals surface area contributed by atoms with E-state index in [-0.39, 0.29) is 5.91 Å². The summed E-state index contributed by atoms with van der Waals surface area (Å²) in [4.78, 5) is 18.7. The third kappa shape index (κ3) is 5.41. The highest BCUT2D eigenvalue weighted by atomic mass is 35.5. The van der Waals surface area contributed by atoms with Crippen LogP contribution in [0.3, 0.4) is 0 Å². The molecule has 2 aromatic heterocycles. The molecule has 2 aromatic carbocycles. The van der Waals surface area contributed by atoms with Gasteiger partial charge in [0.25, 0.3) is 0 Å². The van der Waals surface area contributed by atoms with E-state index in [1.807, 2.05) is 59.4 Å². The van der Waals surface area contributed by atoms with E-state index >= 15 is 0 Å². The lowest BCUT2D eigenvalue weighted by molar-refractivity contribution is -0.118. The molecule has 184 valence electrons. The normalized spacial score (nSPS) is 13.9. The lowest BCUT2D eigenvalue weighted by Gasteiger charge is -2.25. The van der Waals surface area contributed by atoms with E-state index < -0.39 is 0 Å². The summed E-state index contributed by atoms with van der Waals surface area (Å²) in [5.74, 6) is 0.546. The second-order valence-corrected chi connectivity index (χ2v) is 8.81. The average Bonchev–Trinajstić information content (AvgIpc) is 3.36. The lowest BCUT2D eigenvalue weighted by Crippen LogP contribution is -2.41. The van der Waals surface area contributed by atoms with Crippen LogP contribution in [0, 0.1) is 0 Å². The summed E-state index contributed by atoms with van der Waals surface area (Å²) in [6, 6.07) is 17.1. The summed E-state index contributed by atoms with van der Waals surface area (Å²) in [6.07, 6.45) is 5.50. The van der Waals surface area contributed by atoms with E-state index in [2.05, 4.69) is 15.2 Å². The Morgan fingerprint density at radius 3 is 2.53 bits per heavy atom. The van der Waals surface area contributed by atoms with Gasteiger partial charge in [0.2, 0.25) is 5.91 Å². The zero-order chi connectivity index (χ0) is 24.9. The number of nitrogens with one attached hydrogen (secondary N) is 1. The van der Waals surface area contributed by atoms with Crippen LogP contribution in [0.1, 0.15) is 0 Å². The number of hydrogen-bond acceptors (Lipinski definition) is 6. The van der Waals surface area contributed by atoms with E-state index in [1.54, 1.807) is 25.6 Å². The van der Waals surface area contributed by atoms with Gasteiger partial charge in [-0.2, -0.15) is 5.10 Å². The number of anilines is 1. The summed E-state index contributed by atoms with van der Waals surface area (Å²) in [5.41, 5.74) is 5.22. The first-order valence-electron chi connectivity index (χ1n) is 11.6. The fraction of sp³-hybridized carbons (Fsp3) is 0.222. The van der Waals surface area contributed by atoms with Crippen molar-refractivity contribution >= 4 is 23.2 Å². The maximum absolute atomic E-state index is 12.4. The molecule has 0 spiro atoms. The molecule has 8 nitrogen and oxygen atoms in total. The Hall–Kier alpha value is -3.72. The van der Waals surface area contributed by atoms with Gasteiger partial charge in [0.15, 0.2) is 0 Å². The molecule has 0 saturated carbocycles. The molecule has 1 fully saturated rings. The van der Waals surface area contributed by atoms with Gasteiger partial charge in [-0.3, -0.25) is 14.7 Å². The fourth-order valence-electron chi connectivity index (χ4n) is 4.13. The van der Waals surface area contributed by atoms with Gasteiger partial charge in [0.05, 0.1) is 37.6 Å². The second kappa shape index (κ2) is 10.9. The molecule has 1 aliphatic rings. The van der Waals surface area contributed by atoms with Gasteiger partial charge >= 0.3 is 0 Å². The van der Waals surface area contributed by atoms with Crippen LogP contribution in [-0.4, -0.2) is 65.5 Å². The van der Waals surface area contributed by atoms with Crippen molar-refractivity contribution in [2.45, 2.75) is 0 Å². The molecule has 36 heavy (non-hydrogen) atoms. The van der Waals surface area contributed by atoms with E-state index in [0.717, 1.165) is 46.8 Å². The summed E-state index contributed by atoms with van der Waals surface area (Å²) < 4.78 is 12.6. The Morgan fingerprint density at radius 1 is 1.06 bits per heavy atom. The first kappa shape index (κ1) is 24.0. The predicted molar refractivity (Wildman–Crippen MR) is 140 cm³/mol. The van der Waals surface area contributed by atoms with Crippen LogP contribution in [0.25, 0.3) is 28.1 Å². The minimum absolute atomic E-state index is 0.0392. The van der Waals surface area contributed by atoms with Crippen molar-refractivity contribution in [1.82, 2.24) is 19.7 Å². The van der Waals surface area contributed by atoms with Gasteiger partial charge in [-0.25, -0.2) is 4.68 Å². The van der Waals surface area contributed by atoms with Gasteiger partial charge in [-0.1, -0.05) is 17.7 Å². The molecule has 0 bridgehead atoms. The number of carbonyl (C=O) groups excluding carboxylic acids is 1. The van der Waals surface area contributed by atoms with Crippen molar-refractivity contribution in [2.75, 3.05) is 45.3 Å². The molecule has 1 aliphatic heterocycles. The van der Waals surface area contributed by atoms with Crippen LogP contribution >= 0.6 is 11.6 Å². The SMILES string of the molecule is COc1cc(-c2nn(-c3ccc(NC(=O)CN4CCOCC4)cc3)cc2-c2ccncc2)ccc1Cl. The largest absolute Gasteiger partial charge is 0.495 e. The van der Waals surface area contributed by atoms with Crippen molar-refractivity contribution in [2.24, 2.45) is 0 Å². The Balaban J connectivity index is 1.41. The highest BCUT2D eigenvalue weighted by molar-refractivity contribution is 6.32. The first-order chi connectivity index (χ1) is 17.6. The molecule has 1 amide bonds. The van der Waals surface area contributed by atoms with Crippen LogP contribution < -0.4 is 10.1 Å². The Bertz CT molecular complexity index is 1340. The van der Waals surface area contributed by atoms with Gasteiger partial charge in [0, 0.05) is 48.5 Å². The number of halogens is 1. The zero-order valence-electron chi connectivity index (χ0n) is 19.9. The number of aromatic nitrogens is 3. The predicted octanol–water partition coefficient (Wildman–Crippen LogP) is 4.53. The number of rotatable bonds is 7. The van der Waals surface area contributed by atoms with Gasteiger partial charge in [-0.15, -0.1) is 0 Å². The number of methoxy groups -OCH3 is 1. The average molecular weight is 504 g/mol. The number of morpholine rings is 1. The number of ether oxygens (including phenoxy) is 2. The maximum Gasteiger partial charge on any atom is 0.238 e. The molecule has 1 N–H and O–H groups in total. The third-order valence-electron chi connectivity index (χ3n) is 6.02. The number of hydrogen-bond donors (Lipinski definition) is 1. The summed E-state index contributed by atoms with van der Waals surface area (Å²) in [6.45, 7) is 3.23.